The van der Waals surface area contributed by atoms with E-state index >= 15 is 0 Å². The van der Waals surface area contributed by atoms with E-state index in [9.17, 15) is 13.2 Å². The number of rotatable bonds is 3. The van der Waals surface area contributed by atoms with Crippen LogP contribution in [0.3, 0.4) is 0 Å². The fourth-order valence-electron chi connectivity index (χ4n) is 1.96. The second-order valence-corrected chi connectivity index (χ2v) is 5.34. The molecule has 1 heterocycles. The maximum absolute atomic E-state index is 12.5. The third kappa shape index (κ3) is 3.83. The van der Waals surface area contributed by atoms with Gasteiger partial charge in [0.05, 0.1) is 5.56 Å². The van der Waals surface area contributed by atoms with Gasteiger partial charge in [-0.15, -0.1) is 10.2 Å². The topological polar surface area (TPSA) is 38.9 Å². The van der Waals surface area contributed by atoms with E-state index in [0.717, 1.165) is 17.7 Å². The molecule has 3 rings (SSSR count). The Bertz CT molecular complexity index is 853. The van der Waals surface area contributed by atoms with Crippen molar-refractivity contribution >= 4 is 23.8 Å². The van der Waals surface area contributed by atoms with Crippen LogP contribution in [0.25, 0.3) is 23.6 Å². The van der Waals surface area contributed by atoms with Gasteiger partial charge in [-0.3, -0.25) is 0 Å². The molecule has 0 amide bonds. The molecule has 122 valence electrons. The van der Waals surface area contributed by atoms with Crippen molar-refractivity contribution in [2.24, 2.45) is 0 Å². The maximum atomic E-state index is 12.5. The van der Waals surface area contributed by atoms with Gasteiger partial charge in [0.25, 0.3) is 0 Å². The third-order valence-electron chi connectivity index (χ3n) is 3.19. The summed E-state index contributed by atoms with van der Waals surface area (Å²) in [6.45, 7) is 0. The molecule has 7 heteroatoms. The number of halogens is 4. The normalized spacial score (nSPS) is 12.0. The van der Waals surface area contributed by atoms with Gasteiger partial charge in [-0.05, 0) is 48.0 Å². The second-order valence-electron chi connectivity index (χ2n) is 4.91. The van der Waals surface area contributed by atoms with Crippen molar-refractivity contribution in [2.45, 2.75) is 6.18 Å². The minimum Gasteiger partial charge on any atom is -0.417 e. The first-order valence-corrected chi connectivity index (χ1v) is 7.24. The molecule has 0 atom stereocenters. The Hall–Kier alpha value is -2.60. The third-order valence-corrected chi connectivity index (χ3v) is 3.44. The lowest BCUT2D eigenvalue weighted by Crippen LogP contribution is -2.03. The van der Waals surface area contributed by atoms with Gasteiger partial charge in [-0.25, -0.2) is 0 Å². The van der Waals surface area contributed by atoms with Crippen LogP contribution in [0, 0.1) is 0 Å². The Balaban J connectivity index is 1.76. The number of benzene rings is 2. The molecule has 0 aliphatic carbocycles. The smallest absolute Gasteiger partial charge is 0.416 e. The Morgan fingerprint density at radius 3 is 2.17 bits per heavy atom. The first-order valence-electron chi connectivity index (χ1n) is 6.86. The van der Waals surface area contributed by atoms with E-state index in [0.29, 0.717) is 10.6 Å². The molecule has 0 unspecified atom stereocenters. The molecule has 0 spiro atoms. The SMILES string of the molecule is FC(F)(F)c1ccc(-c2nnc(/C=C\c3ccc(Cl)cc3)o2)cc1. The fraction of sp³-hybridized carbons (Fsp3) is 0.0588. The summed E-state index contributed by atoms with van der Waals surface area (Å²) in [5.74, 6) is 0.402. The van der Waals surface area contributed by atoms with Gasteiger partial charge in [-0.2, -0.15) is 13.2 Å². The molecule has 2 aromatic carbocycles. The zero-order valence-electron chi connectivity index (χ0n) is 12.1. The number of aromatic nitrogens is 2. The van der Waals surface area contributed by atoms with E-state index in [1.165, 1.54) is 12.1 Å². The van der Waals surface area contributed by atoms with E-state index in [1.807, 2.05) is 12.1 Å². The molecule has 0 saturated heterocycles. The highest BCUT2D eigenvalue weighted by Crippen LogP contribution is 2.30. The predicted molar refractivity (Wildman–Crippen MR) is 85.1 cm³/mol. The van der Waals surface area contributed by atoms with E-state index in [2.05, 4.69) is 10.2 Å². The number of alkyl halides is 3. The molecule has 24 heavy (non-hydrogen) atoms. The maximum Gasteiger partial charge on any atom is 0.416 e. The highest BCUT2D eigenvalue weighted by atomic mass is 35.5. The van der Waals surface area contributed by atoms with Crippen molar-refractivity contribution in [1.82, 2.24) is 10.2 Å². The van der Waals surface area contributed by atoms with Crippen molar-refractivity contribution in [1.29, 1.82) is 0 Å². The van der Waals surface area contributed by atoms with Crippen molar-refractivity contribution < 1.29 is 17.6 Å². The molecule has 0 bridgehead atoms. The predicted octanol–water partition coefficient (Wildman–Crippen LogP) is 5.58. The molecular weight excluding hydrogens is 341 g/mol. The van der Waals surface area contributed by atoms with Gasteiger partial charge in [-0.1, -0.05) is 23.7 Å². The minimum atomic E-state index is -4.38. The second kappa shape index (κ2) is 6.49. The van der Waals surface area contributed by atoms with Crippen LogP contribution in [0.2, 0.25) is 5.02 Å². The zero-order chi connectivity index (χ0) is 17.2. The van der Waals surface area contributed by atoms with Crippen LogP contribution >= 0.6 is 11.6 Å². The van der Waals surface area contributed by atoms with Gasteiger partial charge in [0.2, 0.25) is 11.8 Å². The van der Waals surface area contributed by atoms with E-state index in [1.54, 1.807) is 24.3 Å². The molecule has 0 saturated carbocycles. The van der Waals surface area contributed by atoms with Gasteiger partial charge >= 0.3 is 6.18 Å². The summed E-state index contributed by atoms with van der Waals surface area (Å²) >= 11 is 5.80. The summed E-state index contributed by atoms with van der Waals surface area (Å²) in [6, 6.07) is 11.7. The zero-order valence-corrected chi connectivity index (χ0v) is 12.8. The molecule has 0 aliphatic heterocycles. The molecule has 0 radical (unpaired) electrons. The van der Waals surface area contributed by atoms with Gasteiger partial charge < -0.3 is 4.42 Å². The van der Waals surface area contributed by atoms with E-state index in [4.69, 9.17) is 16.0 Å². The number of hydrogen-bond donors (Lipinski definition) is 0. The van der Waals surface area contributed by atoms with Gasteiger partial charge in [0.15, 0.2) is 0 Å². The molecular formula is C17H10ClF3N2O. The lowest BCUT2D eigenvalue weighted by Gasteiger charge is -2.05. The molecule has 0 N–H and O–H groups in total. The van der Waals surface area contributed by atoms with Crippen LogP contribution < -0.4 is 0 Å². The van der Waals surface area contributed by atoms with Crippen molar-refractivity contribution in [2.75, 3.05) is 0 Å². The number of nitrogens with zero attached hydrogens (tertiary/aromatic N) is 2. The van der Waals surface area contributed by atoms with Crippen molar-refractivity contribution in [3.63, 3.8) is 0 Å². The average Bonchev–Trinajstić information content (AvgIpc) is 3.03. The Morgan fingerprint density at radius 2 is 1.54 bits per heavy atom. The highest BCUT2D eigenvalue weighted by Gasteiger charge is 2.30. The van der Waals surface area contributed by atoms with Crippen LogP contribution in [-0.4, -0.2) is 10.2 Å². The quantitative estimate of drug-likeness (QED) is 0.619. The number of hydrogen-bond acceptors (Lipinski definition) is 3. The highest BCUT2D eigenvalue weighted by molar-refractivity contribution is 6.30. The van der Waals surface area contributed by atoms with Crippen LogP contribution in [0.1, 0.15) is 17.0 Å². The molecule has 0 aliphatic rings. The summed E-state index contributed by atoms with van der Waals surface area (Å²) in [7, 11) is 0. The summed E-state index contributed by atoms with van der Waals surface area (Å²) in [4.78, 5) is 0. The van der Waals surface area contributed by atoms with Crippen LogP contribution in [0.5, 0.6) is 0 Å². The summed E-state index contributed by atoms with van der Waals surface area (Å²) in [5, 5.41) is 8.31. The van der Waals surface area contributed by atoms with Gasteiger partial charge in [0.1, 0.15) is 0 Å². The van der Waals surface area contributed by atoms with E-state index < -0.39 is 11.7 Å². The standard InChI is InChI=1S/C17H10ClF3N2O/c18-14-8-1-11(2-9-14)3-10-15-22-23-16(24-15)12-4-6-13(7-5-12)17(19,20)21/h1-10H/b10-3-. The minimum absolute atomic E-state index is 0.152. The summed E-state index contributed by atoms with van der Waals surface area (Å²) in [5.41, 5.74) is 0.587. The fourth-order valence-corrected chi connectivity index (χ4v) is 2.09. The first-order chi connectivity index (χ1) is 11.4. The Labute approximate surface area is 140 Å². The van der Waals surface area contributed by atoms with Crippen LogP contribution in [0.15, 0.2) is 52.9 Å². The largest absolute Gasteiger partial charge is 0.417 e. The average molecular weight is 351 g/mol. The van der Waals surface area contributed by atoms with Crippen LogP contribution in [0.4, 0.5) is 13.2 Å². The van der Waals surface area contributed by atoms with Crippen molar-refractivity contribution in [3.8, 4) is 11.5 Å². The summed E-state index contributed by atoms with van der Waals surface area (Å²) in [6.07, 6.45) is -0.996. The Kier molecular flexibility index (Phi) is 4.40. The molecule has 1 aromatic heterocycles. The Morgan fingerprint density at radius 1 is 0.875 bits per heavy atom. The van der Waals surface area contributed by atoms with Crippen molar-refractivity contribution in [3.05, 3.63) is 70.6 Å². The lowest BCUT2D eigenvalue weighted by atomic mass is 10.1. The summed E-state index contributed by atoms with van der Waals surface area (Å²) < 4.78 is 43.1. The molecule has 3 nitrogen and oxygen atoms in total. The van der Waals surface area contributed by atoms with Crippen LogP contribution in [-0.2, 0) is 6.18 Å². The lowest BCUT2D eigenvalue weighted by molar-refractivity contribution is -0.137. The molecule has 0 fully saturated rings. The monoisotopic (exact) mass is 350 g/mol. The molecule has 3 aromatic rings. The van der Waals surface area contributed by atoms with E-state index in [-0.39, 0.29) is 11.8 Å². The van der Waals surface area contributed by atoms with Gasteiger partial charge in [0, 0.05) is 16.7 Å². The first kappa shape index (κ1) is 16.3.